The normalized spacial score (nSPS) is 10.7. The van der Waals surface area contributed by atoms with Crippen LogP contribution in [0.1, 0.15) is 17.3 Å². The molecular formula is C22H18N2O3. The van der Waals surface area contributed by atoms with Crippen LogP contribution in [0.3, 0.4) is 0 Å². The molecule has 0 aliphatic heterocycles. The molecule has 0 radical (unpaired) electrons. The van der Waals surface area contributed by atoms with Gasteiger partial charge >= 0.3 is 0 Å². The number of benzene rings is 3. The number of ether oxygens (including phenoxy) is 1. The second-order valence-corrected chi connectivity index (χ2v) is 5.94. The second kappa shape index (κ2) is 7.33. The van der Waals surface area contributed by atoms with Gasteiger partial charge in [0.05, 0.1) is 17.9 Å². The van der Waals surface area contributed by atoms with Gasteiger partial charge in [-0.25, -0.2) is 4.98 Å². The maximum absolute atomic E-state index is 12.6. The average molecular weight is 358 g/mol. The topological polar surface area (TPSA) is 64.4 Å². The van der Waals surface area contributed by atoms with Gasteiger partial charge in [-0.2, -0.15) is 0 Å². The van der Waals surface area contributed by atoms with Crippen LogP contribution in [0.4, 0.5) is 5.69 Å². The molecule has 134 valence electrons. The molecule has 27 heavy (non-hydrogen) atoms. The van der Waals surface area contributed by atoms with Crippen molar-refractivity contribution >= 4 is 22.7 Å². The van der Waals surface area contributed by atoms with E-state index in [1.807, 2.05) is 55.5 Å². The van der Waals surface area contributed by atoms with Crippen molar-refractivity contribution in [2.75, 3.05) is 11.9 Å². The number of para-hydroxylation sites is 3. The number of carbonyl (C=O) groups is 1. The standard InChI is InChI=1S/C22H18N2O3/c1-2-26-16-13-11-15(12-14-16)21(25)23-18-8-4-3-7-17(18)22-24-19-9-5-6-10-20(19)27-22/h3-14H,2H2,1H3,(H,23,25). The Hall–Kier alpha value is -3.60. The fourth-order valence-corrected chi connectivity index (χ4v) is 2.83. The Morgan fingerprint density at radius 3 is 2.52 bits per heavy atom. The Bertz CT molecular complexity index is 1050. The molecule has 1 N–H and O–H groups in total. The van der Waals surface area contributed by atoms with E-state index in [9.17, 15) is 4.79 Å². The Labute approximate surface area is 156 Å². The third kappa shape index (κ3) is 3.53. The minimum atomic E-state index is -0.207. The molecule has 0 atom stereocenters. The molecule has 0 saturated heterocycles. The summed E-state index contributed by atoms with van der Waals surface area (Å²) in [6, 6.07) is 22.1. The summed E-state index contributed by atoms with van der Waals surface area (Å²) < 4.78 is 11.3. The highest BCUT2D eigenvalue weighted by atomic mass is 16.5. The predicted octanol–water partition coefficient (Wildman–Crippen LogP) is 5.15. The van der Waals surface area contributed by atoms with Crippen molar-refractivity contribution in [3.8, 4) is 17.2 Å². The van der Waals surface area contributed by atoms with E-state index in [1.54, 1.807) is 24.3 Å². The van der Waals surface area contributed by atoms with Gasteiger partial charge < -0.3 is 14.5 Å². The van der Waals surface area contributed by atoms with E-state index >= 15 is 0 Å². The summed E-state index contributed by atoms with van der Waals surface area (Å²) in [7, 11) is 0. The van der Waals surface area contributed by atoms with Gasteiger partial charge in [-0.05, 0) is 55.5 Å². The van der Waals surface area contributed by atoms with Crippen molar-refractivity contribution < 1.29 is 13.9 Å². The first kappa shape index (κ1) is 16.8. The molecule has 3 aromatic carbocycles. The van der Waals surface area contributed by atoms with Gasteiger partial charge in [0.1, 0.15) is 11.3 Å². The average Bonchev–Trinajstić information content (AvgIpc) is 3.13. The van der Waals surface area contributed by atoms with Crippen LogP contribution in [-0.2, 0) is 0 Å². The number of nitrogens with one attached hydrogen (secondary N) is 1. The molecule has 0 bridgehead atoms. The van der Waals surface area contributed by atoms with Gasteiger partial charge in [-0.15, -0.1) is 0 Å². The summed E-state index contributed by atoms with van der Waals surface area (Å²) in [5, 5.41) is 2.94. The zero-order chi connectivity index (χ0) is 18.6. The van der Waals surface area contributed by atoms with E-state index in [1.165, 1.54) is 0 Å². The van der Waals surface area contributed by atoms with Crippen molar-refractivity contribution in [1.82, 2.24) is 4.98 Å². The molecular weight excluding hydrogens is 340 g/mol. The summed E-state index contributed by atoms with van der Waals surface area (Å²) in [6.45, 7) is 2.51. The number of hydrogen-bond donors (Lipinski definition) is 1. The Morgan fingerprint density at radius 2 is 1.74 bits per heavy atom. The SMILES string of the molecule is CCOc1ccc(C(=O)Nc2ccccc2-c2nc3ccccc3o2)cc1. The summed E-state index contributed by atoms with van der Waals surface area (Å²) in [4.78, 5) is 17.2. The summed E-state index contributed by atoms with van der Waals surface area (Å²) in [6.07, 6.45) is 0. The van der Waals surface area contributed by atoms with Crippen molar-refractivity contribution in [3.63, 3.8) is 0 Å². The Morgan fingerprint density at radius 1 is 1.00 bits per heavy atom. The van der Waals surface area contributed by atoms with Crippen LogP contribution < -0.4 is 10.1 Å². The van der Waals surface area contributed by atoms with Crippen LogP contribution in [0.25, 0.3) is 22.6 Å². The number of aromatic nitrogens is 1. The molecule has 0 spiro atoms. The quantitative estimate of drug-likeness (QED) is 0.536. The number of carbonyl (C=O) groups excluding carboxylic acids is 1. The fraction of sp³-hybridized carbons (Fsp3) is 0.0909. The zero-order valence-electron chi connectivity index (χ0n) is 14.8. The van der Waals surface area contributed by atoms with Crippen LogP contribution in [0, 0.1) is 0 Å². The van der Waals surface area contributed by atoms with Crippen molar-refractivity contribution in [2.24, 2.45) is 0 Å². The van der Waals surface area contributed by atoms with Gasteiger partial charge in [0.25, 0.3) is 5.91 Å². The van der Waals surface area contributed by atoms with Crippen molar-refractivity contribution in [3.05, 3.63) is 78.4 Å². The highest BCUT2D eigenvalue weighted by molar-refractivity contribution is 6.06. The van der Waals surface area contributed by atoms with Crippen LogP contribution in [-0.4, -0.2) is 17.5 Å². The van der Waals surface area contributed by atoms with E-state index in [-0.39, 0.29) is 5.91 Å². The van der Waals surface area contributed by atoms with Crippen molar-refractivity contribution in [2.45, 2.75) is 6.92 Å². The monoisotopic (exact) mass is 358 g/mol. The number of oxazole rings is 1. The van der Waals surface area contributed by atoms with E-state index in [0.29, 0.717) is 29.3 Å². The summed E-state index contributed by atoms with van der Waals surface area (Å²) in [5.74, 6) is 1.00. The number of nitrogens with zero attached hydrogens (tertiary/aromatic N) is 1. The highest BCUT2D eigenvalue weighted by Crippen LogP contribution is 2.30. The maximum Gasteiger partial charge on any atom is 0.255 e. The number of amides is 1. The van der Waals surface area contributed by atoms with Gasteiger partial charge in [0.2, 0.25) is 5.89 Å². The molecule has 0 aliphatic carbocycles. The molecule has 0 saturated carbocycles. The number of hydrogen-bond acceptors (Lipinski definition) is 4. The molecule has 1 heterocycles. The highest BCUT2D eigenvalue weighted by Gasteiger charge is 2.14. The van der Waals surface area contributed by atoms with Gasteiger partial charge in [0.15, 0.2) is 5.58 Å². The van der Waals surface area contributed by atoms with E-state index in [4.69, 9.17) is 9.15 Å². The molecule has 4 aromatic rings. The zero-order valence-corrected chi connectivity index (χ0v) is 14.8. The smallest absolute Gasteiger partial charge is 0.255 e. The van der Waals surface area contributed by atoms with E-state index in [2.05, 4.69) is 10.3 Å². The molecule has 0 aliphatic rings. The van der Waals surface area contributed by atoms with Crippen LogP contribution in [0.5, 0.6) is 5.75 Å². The van der Waals surface area contributed by atoms with Crippen LogP contribution in [0.2, 0.25) is 0 Å². The molecule has 5 nitrogen and oxygen atoms in total. The molecule has 4 rings (SSSR count). The molecule has 0 fully saturated rings. The molecule has 0 unspecified atom stereocenters. The lowest BCUT2D eigenvalue weighted by Crippen LogP contribution is -2.12. The Balaban J connectivity index is 1.62. The first-order valence-electron chi connectivity index (χ1n) is 8.74. The fourth-order valence-electron chi connectivity index (χ4n) is 2.83. The van der Waals surface area contributed by atoms with Crippen LogP contribution >= 0.6 is 0 Å². The van der Waals surface area contributed by atoms with E-state index in [0.717, 1.165) is 16.8 Å². The molecule has 5 heteroatoms. The minimum Gasteiger partial charge on any atom is -0.494 e. The lowest BCUT2D eigenvalue weighted by molar-refractivity contribution is 0.102. The van der Waals surface area contributed by atoms with Crippen molar-refractivity contribution in [1.29, 1.82) is 0 Å². The van der Waals surface area contributed by atoms with Crippen LogP contribution in [0.15, 0.2) is 77.2 Å². The largest absolute Gasteiger partial charge is 0.494 e. The summed E-state index contributed by atoms with van der Waals surface area (Å²) >= 11 is 0. The lowest BCUT2D eigenvalue weighted by Gasteiger charge is -2.09. The minimum absolute atomic E-state index is 0.207. The second-order valence-electron chi connectivity index (χ2n) is 5.94. The number of rotatable bonds is 5. The predicted molar refractivity (Wildman–Crippen MR) is 105 cm³/mol. The third-order valence-electron chi connectivity index (χ3n) is 4.13. The Kier molecular flexibility index (Phi) is 4.58. The third-order valence-corrected chi connectivity index (χ3v) is 4.13. The first-order chi connectivity index (χ1) is 13.2. The van der Waals surface area contributed by atoms with Gasteiger partial charge in [-0.3, -0.25) is 4.79 Å². The number of anilines is 1. The molecule has 1 aromatic heterocycles. The molecule has 1 amide bonds. The van der Waals surface area contributed by atoms with E-state index < -0.39 is 0 Å². The summed E-state index contributed by atoms with van der Waals surface area (Å²) in [5.41, 5.74) is 3.40. The number of fused-ring (bicyclic) bond motifs is 1. The first-order valence-corrected chi connectivity index (χ1v) is 8.74. The lowest BCUT2D eigenvalue weighted by atomic mass is 10.1. The van der Waals surface area contributed by atoms with Gasteiger partial charge in [0, 0.05) is 5.56 Å². The van der Waals surface area contributed by atoms with Gasteiger partial charge in [-0.1, -0.05) is 24.3 Å². The maximum atomic E-state index is 12.6.